The Balaban J connectivity index is 1.60. The highest BCUT2D eigenvalue weighted by Gasteiger charge is 2.39. The van der Waals surface area contributed by atoms with Gasteiger partial charge in [-0.2, -0.15) is 0 Å². The minimum absolute atomic E-state index is 0.477. The van der Waals surface area contributed by atoms with E-state index in [9.17, 15) is 0 Å². The smallest absolute Gasteiger partial charge is 0.0330 e. The SMILES string of the molecule is CN(CCNCC1CC1)CC1(N(C)C)CCC1. The van der Waals surface area contributed by atoms with Crippen LogP contribution in [0.5, 0.6) is 0 Å². The van der Waals surface area contributed by atoms with Crippen molar-refractivity contribution in [3.05, 3.63) is 0 Å². The molecule has 2 fully saturated rings. The van der Waals surface area contributed by atoms with E-state index in [0.717, 1.165) is 12.5 Å². The lowest BCUT2D eigenvalue weighted by Gasteiger charge is -2.49. The summed E-state index contributed by atoms with van der Waals surface area (Å²) in [7, 11) is 6.74. The van der Waals surface area contributed by atoms with E-state index in [1.54, 1.807) is 0 Å². The fourth-order valence-corrected chi connectivity index (χ4v) is 2.81. The molecular formula is C14H29N3. The van der Waals surface area contributed by atoms with E-state index in [1.807, 2.05) is 0 Å². The highest BCUT2D eigenvalue weighted by molar-refractivity contribution is 4.97. The third-order valence-corrected chi connectivity index (χ3v) is 4.60. The lowest BCUT2D eigenvalue weighted by atomic mass is 9.75. The van der Waals surface area contributed by atoms with Crippen LogP contribution in [0.4, 0.5) is 0 Å². The number of hydrogen-bond donors (Lipinski definition) is 1. The molecule has 3 nitrogen and oxygen atoms in total. The predicted molar refractivity (Wildman–Crippen MR) is 73.4 cm³/mol. The Morgan fingerprint density at radius 2 is 1.88 bits per heavy atom. The molecule has 2 saturated carbocycles. The summed E-state index contributed by atoms with van der Waals surface area (Å²) in [6.45, 7) is 4.80. The highest BCUT2D eigenvalue weighted by Crippen LogP contribution is 2.36. The molecule has 0 aromatic heterocycles. The molecule has 0 radical (unpaired) electrons. The predicted octanol–water partition coefficient (Wildman–Crippen LogP) is 1.40. The van der Waals surface area contributed by atoms with Gasteiger partial charge in [-0.1, -0.05) is 0 Å². The zero-order valence-electron chi connectivity index (χ0n) is 11.8. The topological polar surface area (TPSA) is 18.5 Å². The molecule has 0 amide bonds. The molecule has 0 aromatic carbocycles. The first-order valence-corrected chi connectivity index (χ1v) is 7.19. The van der Waals surface area contributed by atoms with Crippen LogP contribution in [0, 0.1) is 5.92 Å². The van der Waals surface area contributed by atoms with Crippen molar-refractivity contribution in [2.24, 2.45) is 5.92 Å². The summed E-state index contributed by atoms with van der Waals surface area (Å²) in [6, 6.07) is 0. The average molecular weight is 239 g/mol. The van der Waals surface area contributed by atoms with Gasteiger partial charge in [0.15, 0.2) is 0 Å². The lowest BCUT2D eigenvalue weighted by molar-refractivity contribution is 0.0282. The average Bonchev–Trinajstić information content (AvgIpc) is 3.01. The molecule has 0 unspecified atom stereocenters. The van der Waals surface area contributed by atoms with Crippen LogP contribution in [0.25, 0.3) is 0 Å². The monoisotopic (exact) mass is 239 g/mol. The second-order valence-electron chi connectivity index (χ2n) is 6.36. The Bertz CT molecular complexity index is 232. The Hall–Kier alpha value is -0.120. The zero-order chi connectivity index (χ0) is 12.3. The van der Waals surface area contributed by atoms with Crippen LogP contribution in [0.3, 0.4) is 0 Å². The lowest BCUT2D eigenvalue weighted by Crippen LogP contribution is -2.57. The molecule has 3 heteroatoms. The summed E-state index contributed by atoms with van der Waals surface area (Å²) in [6.07, 6.45) is 7.06. The maximum absolute atomic E-state index is 3.57. The largest absolute Gasteiger partial charge is 0.315 e. The Labute approximate surface area is 107 Å². The second kappa shape index (κ2) is 5.68. The van der Waals surface area contributed by atoms with Crippen molar-refractivity contribution < 1.29 is 0 Å². The summed E-state index contributed by atoms with van der Waals surface area (Å²) in [5.74, 6) is 1.00. The molecule has 17 heavy (non-hydrogen) atoms. The number of likely N-dealkylation sites (N-methyl/N-ethyl adjacent to an activating group) is 2. The minimum atomic E-state index is 0.477. The quantitative estimate of drug-likeness (QED) is 0.646. The first-order chi connectivity index (χ1) is 8.12. The standard InChI is InChI=1S/C14H29N3/c1-16(2)14(7-4-8-14)12-17(3)10-9-15-11-13-5-6-13/h13,15H,4-12H2,1-3H3. The Morgan fingerprint density at radius 3 is 2.35 bits per heavy atom. The molecular weight excluding hydrogens is 210 g/mol. The molecule has 100 valence electrons. The molecule has 0 spiro atoms. The summed E-state index contributed by atoms with van der Waals surface area (Å²) < 4.78 is 0. The van der Waals surface area contributed by atoms with Crippen molar-refractivity contribution in [1.82, 2.24) is 15.1 Å². The second-order valence-corrected chi connectivity index (χ2v) is 6.36. The van der Waals surface area contributed by atoms with Gasteiger partial charge in [-0.05, 0) is 65.7 Å². The molecule has 2 aliphatic carbocycles. The van der Waals surface area contributed by atoms with Gasteiger partial charge in [0.1, 0.15) is 0 Å². The molecule has 0 bridgehead atoms. The van der Waals surface area contributed by atoms with Gasteiger partial charge in [0, 0.05) is 25.2 Å². The summed E-state index contributed by atoms with van der Waals surface area (Å²) in [5.41, 5.74) is 0.477. The first kappa shape index (κ1) is 13.3. The van der Waals surface area contributed by atoms with Gasteiger partial charge < -0.3 is 15.1 Å². The van der Waals surface area contributed by atoms with E-state index in [4.69, 9.17) is 0 Å². The van der Waals surface area contributed by atoms with Crippen LogP contribution in [0.15, 0.2) is 0 Å². The van der Waals surface area contributed by atoms with Crippen molar-refractivity contribution in [3.63, 3.8) is 0 Å². The molecule has 0 saturated heterocycles. The number of nitrogens with zero attached hydrogens (tertiary/aromatic N) is 2. The van der Waals surface area contributed by atoms with E-state index < -0.39 is 0 Å². The van der Waals surface area contributed by atoms with Crippen molar-refractivity contribution in [3.8, 4) is 0 Å². The number of hydrogen-bond acceptors (Lipinski definition) is 3. The van der Waals surface area contributed by atoms with Gasteiger partial charge in [-0.25, -0.2) is 0 Å². The van der Waals surface area contributed by atoms with E-state index in [2.05, 4.69) is 36.3 Å². The summed E-state index contributed by atoms with van der Waals surface area (Å²) in [5, 5.41) is 3.57. The Morgan fingerprint density at radius 1 is 1.18 bits per heavy atom. The van der Waals surface area contributed by atoms with Crippen molar-refractivity contribution in [1.29, 1.82) is 0 Å². The Kier molecular flexibility index (Phi) is 4.45. The first-order valence-electron chi connectivity index (χ1n) is 7.19. The normalized spacial score (nSPS) is 23.1. The van der Waals surface area contributed by atoms with Crippen LogP contribution in [-0.4, -0.2) is 62.7 Å². The van der Waals surface area contributed by atoms with Gasteiger partial charge in [0.2, 0.25) is 0 Å². The van der Waals surface area contributed by atoms with E-state index in [-0.39, 0.29) is 0 Å². The van der Waals surface area contributed by atoms with Gasteiger partial charge in [0.05, 0.1) is 0 Å². The van der Waals surface area contributed by atoms with Crippen LogP contribution < -0.4 is 5.32 Å². The van der Waals surface area contributed by atoms with Crippen molar-refractivity contribution in [2.75, 3.05) is 47.3 Å². The molecule has 0 atom stereocenters. The highest BCUT2D eigenvalue weighted by atomic mass is 15.2. The molecule has 0 aromatic rings. The molecule has 0 aliphatic heterocycles. The minimum Gasteiger partial charge on any atom is -0.315 e. The van der Waals surface area contributed by atoms with Gasteiger partial charge in [-0.3, -0.25) is 0 Å². The molecule has 0 heterocycles. The third kappa shape index (κ3) is 3.67. The zero-order valence-corrected chi connectivity index (χ0v) is 11.8. The number of rotatable bonds is 8. The fraction of sp³-hybridized carbons (Fsp3) is 1.00. The summed E-state index contributed by atoms with van der Waals surface area (Å²) >= 11 is 0. The fourth-order valence-electron chi connectivity index (χ4n) is 2.81. The van der Waals surface area contributed by atoms with E-state index in [1.165, 1.54) is 51.7 Å². The summed E-state index contributed by atoms with van der Waals surface area (Å²) in [4.78, 5) is 4.93. The molecule has 2 aliphatic rings. The van der Waals surface area contributed by atoms with Crippen LogP contribution in [-0.2, 0) is 0 Å². The van der Waals surface area contributed by atoms with Crippen LogP contribution >= 0.6 is 0 Å². The van der Waals surface area contributed by atoms with Gasteiger partial charge in [-0.15, -0.1) is 0 Å². The maximum Gasteiger partial charge on any atom is 0.0330 e. The molecule has 1 N–H and O–H groups in total. The van der Waals surface area contributed by atoms with Crippen molar-refractivity contribution in [2.45, 2.75) is 37.6 Å². The van der Waals surface area contributed by atoms with Crippen molar-refractivity contribution >= 4 is 0 Å². The van der Waals surface area contributed by atoms with Crippen LogP contribution in [0.1, 0.15) is 32.1 Å². The van der Waals surface area contributed by atoms with E-state index in [0.29, 0.717) is 5.54 Å². The van der Waals surface area contributed by atoms with Gasteiger partial charge in [0.25, 0.3) is 0 Å². The maximum atomic E-state index is 3.57. The third-order valence-electron chi connectivity index (χ3n) is 4.60. The molecule has 2 rings (SSSR count). The van der Waals surface area contributed by atoms with E-state index >= 15 is 0 Å². The van der Waals surface area contributed by atoms with Gasteiger partial charge >= 0.3 is 0 Å². The number of nitrogens with one attached hydrogen (secondary N) is 1. The van der Waals surface area contributed by atoms with Crippen LogP contribution in [0.2, 0.25) is 0 Å².